The van der Waals surface area contributed by atoms with Crippen molar-refractivity contribution in [1.29, 1.82) is 0 Å². The predicted octanol–water partition coefficient (Wildman–Crippen LogP) is 1.40. The second kappa shape index (κ2) is 5.67. The zero-order valence-electron chi connectivity index (χ0n) is 10.3. The summed E-state index contributed by atoms with van der Waals surface area (Å²) < 4.78 is 26.7. The van der Waals surface area contributed by atoms with Gasteiger partial charge in [-0.3, -0.25) is 0 Å². The first-order chi connectivity index (χ1) is 8.08. The molecule has 17 heavy (non-hydrogen) atoms. The van der Waals surface area contributed by atoms with Crippen LogP contribution in [0.5, 0.6) is 0 Å². The minimum atomic E-state index is -3.09. The van der Waals surface area contributed by atoms with Crippen molar-refractivity contribution in [3.05, 3.63) is 0 Å². The lowest BCUT2D eigenvalue weighted by Gasteiger charge is -2.26. The molecule has 2 rings (SSSR count). The van der Waals surface area contributed by atoms with Crippen LogP contribution in [0.2, 0.25) is 0 Å². The molecule has 0 saturated heterocycles. The highest BCUT2D eigenvalue weighted by Gasteiger charge is 2.29. The predicted molar refractivity (Wildman–Crippen MR) is 67.1 cm³/mol. The third kappa shape index (κ3) is 3.66. The van der Waals surface area contributed by atoms with Crippen molar-refractivity contribution in [3.8, 4) is 0 Å². The summed E-state index contributed by atoms with van der Waals surface area (Å²) in [6.45, 7) is 0.561. The number of nitrogens with one attached hydrogen (secondary N) is 1. The summed E-state index contributed by atoms with van der Waals surface area (Å²) in [6.07, 6.45) is 7.06. The quantitative estimate of drug-likeness (QED) is 0.804. The van der Waals surface area contributed by atoms with E-state index in [4.69, 9.17) is 0 Å². The van der Waals surface area contributed by atoms with Crippen LogP contribution in [-0.4, -0.2) is 31.4 Å². The van der Waals surface area contributed by atoms with Crippen molar-refractivity contribution < 1.29 is 13.5 Å². The lowest BCUT2D eigenvalue weighted by atomic mass is 9.88. The Hall–Kier alpha value is -0.130. The Labute approximate surface area is 104 Å². The maximum atomic E-state index is 12.0. The van der Waals surface area contributed by atoms with E-state index in [-0.39, 0.29) is 11.4 Å². The molecule has 2 aliphatic carbocycles. The molecule has 0 radical (unpaired) electrons. The van der Waals surface area contributed by atoms with Gasteiger partial charge in [0.2, 0.25) is 10.0 Å². The topological polar surface area (TPSA) is 66.4 Å². The van der Waals surface area contributed by atoms with Crippen molar-refractivity contribution in [1.82, 2.24) is 4.72 Å². The fraction of sp³-hybridized carbons (Fsp3) is 1.00. The van der Waals surface area contributed by atoms with E-state index in [0.29, 0.717) is 12.5 Å². The van der Waals surface area contributed by atoms with Gasteiger partial charge in [0.1, 0.15) is 0 Å². The maximum absolute atomic E-state index is 12.0. The molecule has 5 heteroatoms. The van der Waals surface area contributed by atoms with Crippen LogP contribution in [0.1, 0.15) is 51.4 Å². The molecule has 2 fully saturated rings. The molecule has 0 aliphatic heterocycles. The fourth-order valence-electron chi connectivity index (χ4n) is 2.90. The minimum absolute atomic E-state index is 0.156. The molecule has 0 atom stereocenters. The normalized spacial score (nSPS) is 31.8. The molecule has 0 heterocycles. The van der Waals surface area contributed by atoms with E-state index in [1.54, 1.807) is 0 Å². The first-order valence-electron chi connectivity index (χ1n) is 6.74. The van der Waals surface area contributed by atoms with Gasteiger partial charge in [-0.25, -0.2) is 13.1 Å². The van der Waals surface area contributed by atoms with Crippen molar-refractivity contribution in [3.63, 3.8) is 0 Å². The van der Waals surface area contributed by atoms with E-state index in [9.17, 15) is 13.5 Å². The molecule has 100 valence electrons. The van der Waals surface area contributed by atoms with Gasteiger partial charge < -0.3 is 5.11 Å². The number of aliphatic hydroxyl groups is 1. The van der Waals surface area contributed by atoms with Crippen LogP contribution in [-0.2, 0) is 10.0 Å². The van der Waals surface area contributed by atoms with Gasteiger partial charge in [0.25, 0.3) is 0 Å². The number of hydrogen-bond donors (Lipinski definition) is 2. The molecular formula is C12H23NO3S. The summed E-state index contributed by atoms with van der Waals surface area (Å²) in [6, 6.07) is 0. The average molecular weight is 261 g/mol. The maximum Gasteiger partial charge on any atom is 0.214 e. The second-order valence-corrected chi connectivity index (χ2v) is 7.52. The third-order valence-electron chi connectivity index (χ3n) is 4.13. The molecule has 0 unspecified atom stereocenters. The Morgan fingerprint density at radius 2 is 1.59 bits per heavy atom. The van der Waals surface area contributed by atoms with Gasteiger partial charge in [-0.1, -0.05) is 12.8 Å². The summed E-state index contributed by atoms with van der Waals surface area (Å²) in [5.74, 6) is 0.412. The zero-order chi connectivity index (χ0) is 12.3. The molecule has 2 aliphatic rings. The van der Waals surface area contributed by atoms with E-state index in [2.05, 4.69) is 4.72 Å². The van der Waals surface area contributed by atoms with Crippen molar-refractivity contribution in [2.45, 2.75) is 62.7 Å². The Morgan fingerprint density at radius 1 is 1.00 bits per heavy atom. The highest BCUT2D eigenvalue weighted by Crippen LogP contribution is 2.26. The molecule has 2 N–H and O–H groups in total. The van der Waals surface area contributed by atoms with Crippen LogP contribution in [0, 0.1) is 5.92 Å². The smallest absolute Gasteiger partial charge is 0.214 e. The highest BCUT2D eigenvalue weighted by molar-refractivity contribution is 7.90. The Balaban J connectivity index is 1.77. The van der Waals surface area contributed by atoms with Gasteiger partial charge in [-0.05, 0) is 44.4 Å². The van der Waals surface area contributed by atoms with Crippen LogP contribution < -0.4 is 4.72 Å². The van der Waals surface area contributed by atoms with Crippen molar-refractivity contribution in [2.75, 3.05) is 6.54 Å². The second-order valence-electron chi connectivity index (χ2n) is 5.47. The molecule has 0 aromatic rings. The lowest BCUT2D eigenvalue weighted by molar-refractivity contribution is 0.109. The molecular weight excluding hydrogens is 238 g/mol. The zero-order valence-corrected chi connectivity index (χ0v) is 11.1. The van der Waals surface area contributed by atoms with Crippen LogP contribution in [0.4, 0.5) is 0 Å². The Kier molecular flexibility index (Phi) is 4.44. The standard InChI is InChI=1S/C12H23NO3S/c14-11-7-5-10(6-8-11)9-13-17(15,16)12-3-1-2-4-12/h10-14H,1-9H2. The summed E-state index contributed by atoms with van der Waals surface area (Å²) in [7, 11) is -3.09. The molecule has 0 spiro atoms. The molecule has 0 aromatic carbocycles. The largest absolute Gasteiger partial charge is 0.393 e. The summed E-state index contributed by atoms with van der Waals surface area (Å²) >= 11 is 0. The molecule has 2 saturated carbocycles. The van der Waals surface area contributed by atoms with Gasteiger partial charge in [0.15, 0.2) is 0 Å². The fourth-order valence-corrected chi connectivity index (χ4v) is 4.56. The Bertz CT molecular complexity index is 328. The number of sulfonamides is 1. The number of rotatable bonds is 4. The van der Waals surface area contributed by atoms with Gasteiger partial charge in [-0.15, -0.1) is 0 Å². The lowest BCUT2D eigenvalue weighted by Crippen LogP contribution is -2.37. The van der Waals surface area contributed by atoms with Crippen LogP contribution in [0.15, 0.2) is 0 Å². The third-order valence-corrected chi connectivity index (χ3v) is 6.05. The SMILES string of the molecule is O=S(=O)(NCC1CCC(O)CC1)C1CCCC1. The monoisotopic (exact) mass is 261 g/mol. The van der Waals surface area contributed by atoms with E-state index < -0.39 is 10.0 Å². The summed E-state index contributed by atoms with van der Waals surface area (Å²) in [5, 5.41) is 9.23. The van der Waals surface area contributed by atoms with E-state index in [1.165, 1.54) is 0 Å². The molecule has 4 nitrogen and oxygen atoms in total. The van der Waals surface area contributed by atoms with Crippen LogP contribution in [0.25, 0.3) is 0 Å². The summed E-state index contributed by atoms with van der Waals surface area (Å²) in [5.41, 5.74) is 0. The minimum Gasteiger partial charge on any atom is -0.393 e. The Morgan fingerprint density at radius 3 is 2.18 bits per heavy atom. The first kappa shape index (κ1) is 13.3. The number of aliphatic hydroxyl groups excluding tert-OH is 1. The van der Waals surface area contributed by atoms with Crippen molar-refractivity contribution in [2.24, 2.45) is 5.92 Å². The van der Waals surface area contributed by atoms with Crippen molar-refractivity contribution >= 4 is 10.0 Å². The highest BCUT2D eigenvalue weighted by atomic mass is 32.2. The molecule has 0 aromatic heterocycles. The summed E-state index contributed by atoms with van der Waals surface area (Å²) in [4.78, 5) is 0. The van der Waals surface area contributed by atoms with Gasteiger partial charge >= 0.3 is 0 Å². The van der Waals surface area contributed by atoms with Crippen LogP contribution in [0.3, 0.4) is 0 Å². The van der Waals surface area contributed by atoms with E-state index in [0.717, 1.165) is 51.4 Å². The van der Waals surface area contributed by atoms with Gasteiger partial charge in [-0.2, -0.15) is 0 Å². The number of hydrogen-bond acceptors (Lipinski definition) is 3. The average Bonchev–Trinajstić information content (AvgIpc) is 2.82. The van der Waals surface area contributed by atoms with Crippen LogP contribution >= 0.6 is 0 Å². The molecule has 0 amide bonds. The van der Waals surface area contributed by atoms with Gasteiger partial charge in [0, 0.05) is 6.54 Å². The van der Waals surface area contributed by atoms with E-state index in [1.807, 2.05) is 0 Å². The van der Waals surface area contributed by atoms with E-state index >= 15 is 0 Å². The van der Waals surface area contributed by atoms with Gasteiger partial charge in [0.05, 0.1) is 11.4 Å². The first-order valence-corrected chi connectivity index (χ1v) is 8.29. The molecule has 0 bridgehead atoms.